The fourth-order valence-electron chi connectivity index (χ4n) is 6.66. The van der Waals surface area contributed by atoms with Gasteiger partial charge in [-0.2, -0.15) is 0 Å². The van der Waals surface area contributed by atoms with Crippen LogP contribution < -0.4 is 9.44 Å². The van der Waals surface area contributed by atoms with Crippen molar-refractivity contribution in [3.05, 3.63) is 126 Å². The van der Waals surface area contributed by atoms with E-state index in [0.717, 1.165) is 77.7 Å². The normalized spacial score (nSPS) is 18.5. The summed E-state index contributed by atoms with van der Waals surface area (Å²) in [6.07, 6.45) is 1.55. The third-order valence-corrected chi connectivity index (χ3v) is 12.5. The van der Waals surface area contributed by atoms with E-state index in [1.54, 1.807) is 30.1 Å². The van der Waals surface area contributed by atoms with Crippen LogP contribution in [-0.4, -0.2) is 58.5 Å². The molecule has 0 saturated carbocycles. The Morgan fingerprint density at radius 1 is 0.708 bits per heavy atom. The lowest BCUT2D eigenvalue weighted by Crippen LogP contribution is -2.31. The Labute approximate surface area is 308 Å². The zero-order valence-electron chi connectivity index (χ0n) is 26.8. The van der Waals surface area contributed by atoms with E-state index < -0.39 is 10.0 Å². The van der Waals surface area contributed by atoms with E-state index in [0.29, 0.717) is 21.6 Å². The zero-order chi connectivity index (χ0) is 34.0. The van der Waals surface area contributed by atoms with Crippen molar-refractivity contribution < 1.29 is 8.42 Å². The van der Waals surface area contributed by atoms with Crippen LogP contribution in [0.1, 0.15) is 58.1 Å². The largest absolute Gasteiger partial charge is 0.301 e. The van der Waals surface area contributed by atoms with Gasteiger partial charge in [-0.05, 0) is 121 Å². The highest BCUT2D eigenvalue weighted by molar-refractivity contribution is 7.97. The number of nitrogens with zero attached hydrogens (tertiary/aromatic N) is 2. The molecule has 2 aliphatic heterocycles. The summed E-state index contributed by atoms with van der Waals surface area (Å²) in [5.41, 5.74) is 6.77. The molecule has 2 atom stereocenters. The fraction of sp³-hybridized carbons (Fsp3) is 0.333. The van der Waals surface area contributed by atoms with Crippen molar-refractivity contribution in [1.82, 2.24) is 19.2 Å². The summed E-state index contributed by atoms with van der Waals surface area (Å²) < 4.78 is 32.2. The van der Waals surface area contributed by atoms with Gasteiger partial charge in [0, 0.05) is 76.1 Å². The van der Waals surface area contributed by atoms with Crippen LogP contribution in [0.15, 0.2) is 82.6 Å². The number of hydrogen-bond acceptors (Lipinski definition) is 6. The van der Waals surface area contributed by atoms with Crippen LogP contribution in [0, 0.1) is 0 Å². The summed E-state index contributed by atoms with van der Waals surface area (Å²) in [4.78, 5) is 5.88. The Morgan fingerprint density at radius 3 is 1.71 bits per heavy atom. The molecule has 2 N–H and O–H groups in total. The van der Waals surface area contributed by atoms with Gasteiger partial charge in [0.25, 0.3) is 0 Å². The summed E-state index contributed by atoms with van der Waals surface area (Å²) in [5.74, 6) is 0.262. The summed E-state index contributed by atoms with van der Waals surface area (Å²) in [5, 5.41) is 2.65. The molecule has 0 aromatic heterocycles. The fourth-order valence-corrected chi connectivity index (χ4v) is 9.55. The first-order valence-electron chi connectivity index (χ1n) is 15.9. The lowest BCUT2D eigenvalue weighted by molar-refractivity contribution is 0.295. The zero-order valence-corrected chi connectivity index (χ0v) is 31.4. The van der Waals surface area contributed by atoms with Crippen molar-refractivity contribution in [1.29, 1.82) is 0 Å². The van der Waals surface area contributed by atoms with Crippen LogP contribution in [0.5, 0.6) is 0 Å². The van der Waals surface area contributed by atoms with E-state index in [2.05, 4.69) is 57.6 Å². The van der Waals surface area contributed by atoms with Crippen LogP contribution in [-0.2, 0) is 23.1 Å². The maximum absolute atomic E-state index is 13.0. The quantitative estimate of drug-likeness (QED) is 0.118. The molecule has 48 heavy (non-hydrogen) atoms. The minimum absolute atomic E-state index is 0.0543. The number of rotatable bonds is 11. The first-order valence-corrected chi connectivity index (χ1v) is 19.7. The van der Waals surface area contributed by atoms with Crippen LogP contribution >= 0.6 is 58.4 Å². The van der Waals surface area contributed by atoms with Crippen molar-refractivity contribution in [3.63, 3.8) is 0 Å². The lowest BCUT2D eigenvalue weighted by atomic mass is 9.85. The second kappa shape index (κ2) is 15.6. The van der Waals surface area contributed by atoms with Crippen LogP contribution in [0.4, 0.5) is 0 Å². The monoisotopic (exact) mass is 762 g/mol. The molecule has 0 radical (unpaired) electrons. The molecule has 6 nitrogen and oxygen atoms in total. The summed E-state index contributed by atoms with van der Waals surface area (Å²) in [7, 11) is 0.553. The van der Waals surface area contributed by atoms with Crippen molar-refractivity contribution in [2.24, 2.45) is 0 Å². The third kappa shape index (κ3) is 8.37. The number of hydrogen-bond donors (Lipinski definition) is 2. The average molecular weight is 765 g/mol. The standard InChI is InChI=1S/C36H38Cl4N4O2S2/c1-43-19-31(29-15-25(37)17-35(39)33(29)21-43)23-5-9-27(10-6-23)47-41-13-3-4-14-42-48(45,46)28-11-7-24(8-12-28)32-20-44(2)22-34-30(32)16-26(38)18-36(34)40/h5-12,15-18,31-32,41-42H,3-4,13-14,19-22H2,1-2H3. The van der Waals surface area contributed by atoms with Crippen molar-refractivity contribution in [3.8, 4) is 0 Å². The Morgan fingerprint density at radius 2 is 1.19 bits per heavy atom. The molecule has 2 aliphatic rings. The van der Waals surface area contributed by atoms with Gasteiger partial charge in [0.1, 0.15) is 0 Å². The predicted molar refractivity (Wildman–Crippen MR) is 200 cm³/mol. The molecular weight excluding hydrogens is 726 g/mol. The van der Waals surface area contributed by atoms with Gasteiger partial charge in [0.2, 0.25) is 10.0 Å². The minimum atomic E-state index is -3.61. The highest BCUT2D eigenvalue weighted by atomic mass is 35.5. The molecule has 2 unspecified atom stereocenters. The Balaban J connectivity index is 0.958. The molecule has 4 aromatic rings. The lowest BCUT2D eigenvalue weighted by Gasteiger charge is -2.33. The van der Waals surface area contributed by atoms with Gasteiger partial charge in [0.15, 0.2) is 0 Å². The molecule has 2 heterocycles. The van der Waals surface area contributed by atoms with E-state index in [4.69, 9.17) is 46.4 Å². The van der Waals surface area contributed by atoms with Crippen molar-refractivity contribution in [2.45, 2.75) is 47.6 Å². The number of unbranched alkanes of at least 4 members (excludes halogenated alkanes) is 1. The maximum atomic E-state index is 13.0. The predicted octanol–water partition coefficient (Wildman–Crippen LogP) is 8.81. The van der Waals surface area contributed by atoms with Crippen LogP contribution in [0.3, 0.4) is 0 Å². The molecule has 4 aromatic carbocycles. The third-order valence-electron chi connectivity index (χ3n) is 9.05. The maximum Gasteiger partial charge on any atom is 0.240 e. The van der Waals surface area contributed by atoms with E-state index >= 15 is 0 Å². The first kappa shape index (κ1) is 36.0. The van der Waals surface area contributed by atoms with Crippen molar-refractivity contribution in [2.75, 3.05) is 40.3 Å². The van der Waals surface area contributed by atoms with E-state index in [-0.39, 0.29) is 16.7 Å². The smallest absolute Gasteiger partial charge is 0.240 e. The molecular formula is C36H38Cl4N4O2S2. The molecule has 12 heteroatoms. The van der Waals surface area contributed by atoms with Crippen LogP contribution in [0.2, 0.25) is 20.1 Å². The highest BCUT2D eigenvalue weighted by Crippen LogP contribution is 2.40. The van der Waals surface area contributed by atoms with Crippen molar-refractivity contribution >= 4 is 68.4 Å². The van der Waals surface area contributed by atoms with E-state index in [1.807, 2.05) is 30.3 Å². The van der Waals surface area contributed by atoms with E-state index in [1.165, 1.54) is 11.1 Å². The average Bonchev–Trinajstić information content (AvgIpc) is 3.05. The number of benzene rings is 4. The van der Waals surface area contributed by atoms with Gasteiger partial charge in [-0.25, -0.2) is 13.1 Å². The SMILES string of the molecule is CN1Cc2c(Cl)cc(Cl)cc2C(c2ccc(SNCCCCNS(=O)(=O)c3ccc(C4CN(C)Cc5c(Cl)cc(Cl)cc54)cc3)cc2)C1. The van der Waals surface area contributed by atoms with E-state index in [9.17, 15) is 8.42 Å². The summed E-state index contributed by atoms with van der Waals surface area (Å²) in [6, 6.07) is 23.4. The Bertz CT molecular complexity index is 1870. The van der Waals surface area contributed by atoms with Gasteiger partial charge < -0.3 is 9.80 Å². The second-order valence-electron chi connectivity index (χ2n) is 12.6. The topological polar surface area (TPSA) is 64.7 Å². The molecule has 0 aliphatic carbocycles. The number of nitrogens with one attached hydrogen (secondary N) is 2. The second-order valence-corrected chi connectivity index (χ2v) is 17.1. The number of fused-ring (bicyclic) bond motifs is 2. The first-order chi connectivity index (χ1) is 23.0. The summed E-state index contributed by atoms with van der Waals surface area (Å²) in [6.45, 7) is 4.39. The van der Waals surface area contributed by atoms with Gasteiger partial charge in [-0.1, -0.05) is 70.7 Å². The Kier molecular flexibility index (Phi) is 11.7. The molecule has 254 valence electrons. The number of halogens is 4. The molecule has 0 amide bonds. The minimum Gasteiger partial charge on any atom is -0.301 e. The van der Waals surface area contributed by atoms with Gasteiger partial charge in [-0.3, -0.25) is 4.72 Å². The van der Waals surface area contributed by atoms with Crippen LogP contribution in [0.25, 0.3) is 0 Å². The molecule has 6 rings (SSSR count). The molecule has 0 fully saturated rings. The molecule has 0 saturated heterocycles. The molecule has 0 bridgehead atoms. The summed E-state index contributed by atoms with van der Waals surface area (Å²) >= 11 is 27.3. The highest BCUT2D eigenvalue weighted by Gasteiger charge is 2.28. The van der Waals surface area contributed by atoms with Gasteiger partial charge in [-0.15, -0.1) is 0 Å². The number of sulfonamides is 1. The van der Waals surface area contributed by atoms with Gasteiger partial charge in [0.05, 0.1) is 4.90 Å². The Hall–Kier alpha value is -1.82. The molecule has 0 spiro atoms. The van der Waals surface area contributed by atoms with Gasteiger partial charge >= 0.3 is 0 Å². The number of likely N-dealkylation sites (N-methyl/N-ethyl adjacent to an activating group) is 2.